The van der Waals surface area contributed by atoms with Crippen molar-refractivity contribution in [2.45, 2.75) is 17.5 Å². The number of likely N-dealkylation sites (tertiary alicyclic amines) is 1. The van der Waals surface area contributed by atoms with E-state index in [1.54, 1.807) is 18.5 Å². The highest BCUT2D eigenvalue weighted by atomic mass is 32.2. The lowest BCUT2D eigenvalue weighted by molar-refractivity contribution is 0.0782. The monoisotopic (exact) mass is 289 g/mol. The molecular formula is C13H15N5OS. The number of rotatable bonds is 3. The smallest absolute Gasteiger partial charge is 0.256 e. The van der Waals surface area contributed by atoms with Crippen LogP contribution in [0.25, 0.3) is 0 Å². The quantitative estimate of drug-likeness (QED) is 0.801. The molecule has 1 aliphatic heterocycles. The van der Waals surface area contributed by atoms with Gasteiger partial charge in [0.1, 0.15) is 5.03 Å². The minimum Gasteiger partial charge on any atom is -0.336 e. The number of pyridine rings is 1. The van der Waals surface area contributed by atoms with E-state index in [1.165, 1.54) is 11.8 Å². The Morgan fingerprint density at radius 3 is 3.10 bits per heavy atom. The van der Waals surface area contributed by atoms with Gasteiger partial charge in [0, 0.05) is 25.5 Å². The van der Waals surface area contributed by atoms with Crippen molar-refractivity contribution < 1.29 is 4.79 Å². The fraction of sp³-hybridized carbons (Fsp3) is 0.385. The molecule has 7 heteroatoms. The maximum atomic E-state index is 12.6. The highest BCUT2D eigenvalue weighted by molar-refractivity contribution is 7.98. The van der Waals surface area contributed by atoms with Crippen molar-refractivity contribution in [3.8, 4) is 0 Å². The second-order valence-electron chi connectivity index (χ2n) is 4.64. The predicted octanol–water partition coefficient (Wildman–Crippen LogP) is 1.48. The summed E-state index contributed by atoms with van der Waals surface area (Å²) in [5, 5.41) is 8.61. The molecule has 0 radical (unpaired) electrons. The van der Waals surface area contributed by atoms with Crippen LogP contribution in [-0.2, 0) is 0 Å². The van der Waals surface area contributed by atoms with Crippen molar-refractivity contribution in [2.24, 2.45) is 0 Å². The largest absolute Gasteiger partial charge is 0.336 e. The topological polar surface area (TPSA) is 63.9 Å². The standard InChI is InChI=1S/C13H15N5OS/c1-20-12-11(3-2-5-14-12)13(19)17-7-4-10(9-17)18-8-6-15-16-18/h2-3,5-6,8,10H,4,7,9H2,1H3/t10-/m1/s1. The van der Waals surface area contributed by atoms with Gasteiger partial charge >= 0.3 is 0 Å². The lowest BCUT2D eigenvalue weighted by Crippen LogP contribution is -2.29. The SMILES string of the molecule is CSc1ncccc1C(=O)N1CC[C@@H](n2ccnn2)C1. The van der Waals surface area contributed by atoms with Crippen LogP contribution >= 0.6 is 11.8 Å². The van der Waals surface area contributed by atoms with Crippen molar-refractivity contribution in [2.75, 3.05) is 19.3 Å². The molecule has 20 heavy (non-hydrogen) atoms. The van der Waals surface area contributed by atoms with Crippen molar-refractivity contribution in [1.82, 2.24) is 24.9 Å². The fourth-order valence-electron chi connectivity index (χ4n) is 2.44. The summed E-state index contributed by atoms with van der Waals surface area (Å²) < 4.78 is 1.83. The molecule has 0 aromatic carbocycles. The molecule has 3 heterocycles. The lowest BCUT2D eigenvalue weighted by Gasteiger charge is -2.17. The van der Waals surface area contributed by atoms with Crippen LogP contribution in [0.15, 0.2) is 35.7 Å². The van der Waals surface area contributed by atoms with E-state index in [-0.39, 0.29) is 11.9 Å². The average molecular weight is 289 g/mol. The Labute approximate surface area is 121 Å². The van der Waals surface area contributed by atoms with Crippen molar-refractivity contribution in [3.05, 3.63) is 36.3 Å². The summed E-state index contributed by atoms with van der Waals surface area (Å²) in [5.74, 6) is 0.0464. The van der Waals surface area contributed by atoms with Crippen LogP contribution in [0.3, 0.4) is 0 Å². The molecule has 0 aliphatic carbocycles. The number of hydrogen-bond donors (Lipinski definition) is 0. The van der Waals surface area contributed by atoms with Crippen molar-refractivity contribution in [3.63, 3.8) is 0 Å². The average Bonchev–Trinajstić information content (AvgIpc) is 3.16. The third kappa shape index (κ3) is 2.40. The van der Waals surface area contributed by atoms with Gasteiger partial charge in [-0.1, -0.05) is 5.21 Å². The number of hydrogen-bond acceptors (Lipinski definition) is 5. The zero-order valence-electron chi connectivity index (χ0n) is 11.1. The normalized spacial score (nSPS) is 18.4. The zero-order valence-corrected chi connectivity index (χ0v) is 12.0. The highest BCUT2D eigenvalue weighted by Crippen LogP contribution is 2.24. The van der Waals surface area contributed by atoms with Gasteiger partial charge in [-0.2, -0.15) is 0 Å². The molecule has 0 unspecified atom stereocenters. The Bertz CT molecular complexity index is 601. The molecule has 1 atom stereocenters. The van der Waals surface area contributed by atoms with Crippen LogP contribution in [0.1, 0.15) is 22.8 Å². The molecule has 6 nitrogen and oxygen atoms in total. The molecule has 2 aromatic rings. The van der Waals surface area contributed by atoms with E-state index in [1.807, 2.05) is 28.1 Å². The van der Waals surface area contributed by atoms with Crippen molar-refractivity contribution >= 4 is 17.7 Å². The number of carbonyl (C=O) groups excluding carboxylic acids is 1. The van der Waals surface area contributed by atoms with Gasteiger partial charge in [-0.3, -0.25) is 4.79 Å². The molecule has 2 aromatic heterocycles. The van der Waals surface area contributed by atoms with Crippen LogP contribution in [0.4, 0.5) is 0 Å². The summed E-state index contributed by atoms with van der Waals surface area (Å²) in [6.45, 7) is 1.41. The van der Waals surface area contributed by atoms with Gasteiger partial charge in [-0.05, 0) is 24.8 Å². The number of aromatic nitrogens is 4. The Hall–Kier alpha value is -1.89. The number of thioether (sulfide) groups is 1. The predicted molar refractivity (Wildman–Crippen MR) is 75.6 cm³/mol. The van der Waals surface area contributed by atoms with E-state index >= 15 is 0 Å². The van der Waals surface area contributed by atoms with E-state index in [9.17, 15) is 4.79 Å². The number of amides is 1. The molecule has 0 saturated carbocycles. The second kappa shape index (κ2) is 5.62. The van der Waals surface area contributed by atoms with E-state index in [0.717, 1.165) is 18.0 Å². The molecule has 1 saturated heterocycles. The van der Waals surface area contributed by atoms with Gasteiger partial charge in [0.15, 0.2) is 0 Å². The fourth-order valence-corrected chi connectivity index (χ4v) is 2.98. The molecule has 104 valence electrons. The van der Waals surface area contributed by atoms with E-state index in [4.69, 9.17) is 0 Å². The Morgan fingerprint density at radius 1 is 1.45 bits per heavy atom. The highest BCUT2D eigenvalue weighted by Gasteiger charge is 2.29. The third-order valence-electron chi connectivity index (χ3n) is 3.46. The molecule has 0 bridgehead atoms. The first kappa shape index (κ1) is 13.1. The zero-order chi connectivity index (χ0) is 13.9. The summed E-state index contributed by atoms with van der Waals surface area (Å²) in [4.78, 5) is 18.7. The van der Waals surface area contributed by atoms with Gasteiger partial charge in [0.2, 0.25) is 0 Å². The summed E-state index contributed by atoms with van der Waals surface area (Å²) in [7, 11) is 0. The van der Waals surface area contributed by atoms with Crippen LogP contribution < -0.4 is 0 Å². The maximum absolute atomic E-state index is 12.6. The number of carbonyl (C=O) groups is 1. The lowest BCUT2D eigenvalue weighted by atomic mass is 10.2. The van der Waals surface area contributed by atoms with Gasteiger partial charge in [-0.25, -0.2) is 9.67 Å². The first-order chi connectivity index (χ1) is 9.79. The Kier molecular flexibility index (Phi) is 3.68. The number of nitrogens with zero attached hydrogens (tertiary/aromatic N) is 5. The third-order valence-corrected chi connectivity index (χ3v) is 4.17. The second-order valence-corrected chi connectivity index (χ2v) is 5.43. The van der Waals surface area contributed by atoms with E-state index in [2.05, 4.69) is 15.3 Å². The Morgan fingerprint density at radius 2 is 2.35 bits per heavy atom. The van der Waals surface area contributed by atoms with Gasteiger partial charge in [0.25, 0.3) is 5.91 Å². The van der Waals surface area contributed by atoms with Crippen LogP contribution in [0.2, 0.25) is 0 Å². The molecule has 1 fully saturated rings. The minimum atomic E-state index is 0.0464. The molecule has 3 rings (SSSR count). The minimum absolute atomic E-state index is 0.0464. The summed E-state index contributed by atoms with van der Waals surface area (Å²) in [6, 6.07) is 3.86. The van der Waals surface area contributed by atoms with Gasteiger partial charge in [-0.15, -0.1) is 16.9 Å². The first-order valence-electron chi connectivity index (χ1n) is 6.43. The summed E-state index contributed by atoms with van der Waals surface area (Å²) >= 11 is 1.49. The molecule has 1 amide bonds. The maximum Gasteiger partial charge on any atom is 0.256 e. The Balaban J connectivity index is 1.76. The van der Waals surface area contributed by atoms with Gasteiger partial charge in [0.05, 0.1) is 17.8 Å². The first-order valence-corrected chi connectivity index (χ1v) is 7.66. The molecule has 0 N–H and O–H groups in total. The summed E-state index contributed by atoms with van der Waals surface area (Å²) in [5.41, 5.74) is 0.680. The van der Waals surface area contributed by atoms with E-state index < -0.39 is 0 Å². The summed E-state index contributed by atoms with van der Waals surface area (Å²) in [6.07, 6.45) is 8.06. The molecule has 0 spiro atoms. The van der Waals surface area contributed by atoms with Crippen LogP contribution in [0.5, 0.6) is 0 Å². The van der Waals surface area contributed by atoms with Gasteiger partial charge < -0.3 is 4.90 Å². The van der Waals surface area contributed by atoms with Crippen LogP contribution in [0, 0.1) is 0 Å². The van der Waals surface area contributed by atoms with Crippen molar-refractivity contribution in [1.29, 1.82) is 0 Å². The van der Waals surface area contributed by atoms with E-state index in [0.29, 0.717) is 12.1 Å². The van der Waals surface area contributed by atoms with Crippen LogP contribution in [-0.4, -0.2) is 50.1 Å². The molecular weight excluding hydrogens is 274 g/mol. The molecule has 1 aliphatic rings.